The molecule has 6 heteroatoms. The first-order valence-electron chi connectivity index (χ1n) is 8.06. The van der Waals surface area contributed by atoms with Crippen molar-refractivity contribution in [2.75, 3.05) is 13.1 Å². The highest BCUT2D eigenvalue weighted by Gasteiger charge is 2.34. The molecule has 1 aromatic carbocycles. The van der Waals surface area contributed by atoms with Gasteiger partial charge in [0, 0.05) is 6.07 Å². The van der Waals surface area contributed by atoms with E-state index >= 15 is 0 Å². The Morgan fingerprint density at radius 3 is 2.75 bits per heavy atom. The minimum absolute atomic E-state index is 0.121. The fourth-order valence-electron chi connectivity index (χ4n) is 2.94. The Balaban J connectivity index is 1.96. The molecular weight excluding hydrogens is 313 g/mol. The van der Waals surface area contributed by atoms with E-state index in [9.17, 15) is 14.0 Å². The third-order valence-electron chi connectivity index (χ3n) is 4.22. The van der Waals surface area contributed by atoms with Crippen molar-refractivity contribution in [1.82, 2.24) is 4.90 Å². The summed E-state index contributed by atoms with van der Waals surface area (Å²) in [5.41, 5.74) is 1.71. The molecule has 2 heterocycles. The predicted octanol–water partition coefficient (Wildman–Crippen LogP) is 2.61. The van der Waals surface area contributed by atoms with Gasteiger partial charge in [-0.2, -0.15) is 0 Å². The monoisotopic (exact) mass is 333 g/mol. The molecule has 5 nitrogen and oxygen atoms in total. The maximum atomic E-state index is 12.9. The number of carbonyl (C=O) groups excluding carboxylic acids is 1. The third kappa shape index (κ3) is 3.00. The Kier molecular flexibility index (Phi) is 4.30. The molecule has 0 aliphatic carbocycles. The van der Waals surface area contributed by atoms with Crippen LogP contribution >= 0.6 is 0 Å². The highest BCUT2D eigenvalue weighted by atomic mass is 19.1. The molecule has 1 unspecified atom stereocenters. The van der Waals surface area contributed by atoms with Gasteiger partial charge in [0.15, 0.2) is 6.10 Å². The number of ether oxygens (including phenoxy) is 1. The summed E-state index contributed by atoms with van der Waals surface area (Å²) in [6.45, 7) is 5.69. The number of alkyl halides is 1. The normalized spacial score (nSPS) is 16.1. The number of fused-ring (bicyclic) bond motifs is 1. The van der Waals surface area contributed by atoms with E-state index in [0.29, 0.717) is 23.1 Å². The van der Waals surface area contributed by atoms with Crippen molar-refractivity contribution in [1.29, 1.82) is 0 Å². The number of hydrogen-bond donors (Lipinski definition) is 0. The van der Waals surface area contributed by atoms with E-state index in [2.05, 4.69) is 0 Å². The summed E-state index contributed by atoms with van der Waals surface area (Å²) in [5, 5.41) is 0.703. The van der Waals surface area contributed by atoms with Crippen LogP contribution in [-0.2, 0) is 11.2 Å². The molecule has 0 spiro atoms. The Morgan fingerprint density at radius 2 is 2.12 bits per heavy atom. The van der Waals surface area contributed by atoms with E-state index in [-0.39, 0.29) is 19.0 Å². The summed E-state index contributed by atoms with van der Waals surface area (Å²) < 4.78 is 24.1. The quantitative estimate of drug-likeness (QED) is 0.807. The smallest absolute Gasteiger partial charge is 0.336 e. The molecule has 1 saturated heterocycles. The number of amides is 1. The fourth-order valence-corrected chi connectivity index (χ4v) is 2.94. The topological polar surface area (TPSA) is 59.8 Å². The summed E-state index contributed by atoms with van der Waals surface area (Å²) >= 11 is 0. The van der Waals surface area contributed by atoms with E-state index in [4.69, 9.17) is 9.15 Å². The van der Waals surface area contributed by atoms with E-state index in [0.717, 1.165) is 11.1 Å². The van der Waals surface area contributed by atoms with Crippen molar-refractivity contribution in [3.8, 4) is 5.75 Å². The molecular formula is C18H20FNO4. The molecule has 1 aliphatic heterocycles. The van der Waals surface area contributed by atoms with Gasteiger partial charge in [0.05, 0.1) is 18.5 Å². The van der Waals surface area contributed by atoms with E-state index in [1.54, 1.807) is 13.0 Å². The molecule has 128 valence electrons. The SMILES string of the molecule is CCc1cc(=O)oc2cc(C)cc(OC(C)C(=O)N3CC(F)C3)c12. The van der Waals surface area contributed by atoms with Crippen LogP contribution in [0.15, 0.2) is 27.4 Å². The number of rotatable bonds is 4. The highest BCUT2D eigenvalue weighted by Crippen LogP contribution is 2.31. The Bertz CT molecular complexity index is 839. The Hall–Kier alpha value is -2.37. The number of benzene rings is 1. The van der Waals surface area contributed by atoms with Crippen molar-refractivity contribution in [3.63, 3.8) is 0 Å². The lowest BCUT2D eigenvalue weighted by Crippen LogP contribution is -2.55. The largest absolute Gasteiger partial charge is 0.480 e. The summed E-state index contributed by atoms with van der Waals surface area (Å²) in [4.78, 5) is 25.4. The number of hydrogen-bond acceptors (Lipinski definition) is 4. The number of nitrogens with zero attached hydrogens (tertiary/aromatic N) is 1. The zero-order chi connectivity index (χ0) is 17.4. The first-order chi connectivity index (χ1) is 11.4. The van der Waals surface area contributed by atoms with Gasteiger partial charge in [0.25, 0.3) is 5.91 Å². The zero-order valence-corrected chi connectivity index (χ0v) is 14.0. The van der Waals surface area contributed by atoms with Gasteiger partial charge in [-0.1, -0.05) is 6.92 Å². The number of likely N-dealkylation sites (tertiary alicyclic amines) is 1. The standard InChI is InChI=1S/C18H20FNO4/c1-4-12-7-16(21)24-15-6-10(2)5-14(17(12)15)23-11(3)18(22)20-8-13(19)9-20/h5-7,11,13H,4,8-9H2,1-3H3. The lowest BCUT2D eigenvalue weighted by Gasteiger charge is -2.36. The molecule has 24 heavy (non-hydrogen) atoms. The van der Waals surface area contributed by atoms with Crippen molar-refractivity contribution in [3.05, 3.63) is 39.7 Å². The summed E-state index contributed by atoms with van der Waals surface area (Å²) in [7, 11) is 0. The van der Waals surface area contributed by atoms with Crippen LogP contribution < -0.4 is 10.4 Å². The molecule has 0 N–H and O–H groups in total. The molecule has 1 amide bonds. The lowest BCUT2D eigenvalue weighted by molar-refractivity contribution is -0.145. The van der Waals surface area contributed by atoms with Crippen LogP contribution in [0.25, 0.3) is 11.0 Å². The number of carbonyl (C=O) groups is 1. The van der Waals surface area contributed by atoms with Crippen molar-refractivity contribution < 1.29 is 18.3 Å². The van der Waals surface area contributed by atoms with Gasteiger partial charge in [0.2, 0.25) is 0 Å². The van der Waals surface area contributed by atoms with E-state index in [1.165, 1.54) is 11.0 Å². The minimum Gasteiger partial charge on any atom is -0.480 e. The van der Waals surface area contributed by atoms with Crippen LogP contribution in [0.5, 0.6) is 5.75 Å². The fraction of sp³-hybridized carbons (Fsp3) is 0.444. The van der Waals surface area contributed by atoms with Gasteiger partial charge in [0.1, 0.15) is 17.5 Å². The minimum atomic E-state index is -0.943. The molecule has 0 bridgehead atoms. The lowest BCUT2D eigenvalue weighted by atomic mass is 10.0. The number of aryl methyl sites for hydroxylation is 2. The van der Waals surface area contributed by atoms with Crippen LogP contribution in [0, 0.1) is 6.92 Å². The Morgan fingerprint density at radius 1 is 1.42 bits per heavy atom. The molecule has 3 rings (SSSR count). The molecule has 0 radical (unpaired) electrons. The Labute approximate surface area is 139 Å². The first-order valence-corrected chi connectivity index (χ1v) is 8.06. The average Bonchev–Trinajstić information content (AvgIpc) is 2.49. The first kappa shape index (κ1) is 16.5. The van der Waals surface area contributed by atoms with Gasteiger partial charge in [-0.25, -0.2) is 9.18 Å². The van der Waals surface area contributed by atoms with Gasteiger partial charge in [-0.05, 0) is 43.5 Å². The summed E-state index contributed by atoms with van der Waals surface area (Å²) in [5.74, 6) is 0.262. The maximum Gasteiger partial charge on any atom is 0.336 e. The summed E-state index contributed by atoms with van der Waals surface area (Å²) in [6, 6.07) is 5.04. The van der Waals surface area contributed by atoms with Gasteiger partial charge in [-0.3, -0.25) is 4.79 Å². The predicted molar refractivity (Wildman–Crippen MR) is 88.2 cm³/mol. The van der Waals surface area contributed by atoms with Gasteiger partial charge < -0.3 is 14.1 Å². The van der Waals surface area contributed by atoms with Crippen LogP contribution in [0.3, 0.4) is 0 Å². The molecule has 2 aromatic rings. The molecule has 1 fully saturated rings. The highest BCUT2D eigenvalue weighted by molar-refractivity contribution is 5.88. The third-order valence-corrected chi connectivity index (χ3v) is 4.22. The molecule has 1 atom stereocenters. The van der Waals surface area contributed by atoms with Crippen LogP contribution in [0.4, 0.5) is 4.39 Å². The second-order valence-electron chi connectivity index (χ2n) is 6.18. The summed E-state index contributed by atoms with van der Waals surface area (Å²) in [6.07, 6.45) is -1.04. The molecule has 0 saturated carbocycles. The van der Waals surface area contributed by atoms with Crippen molar-refractivity contribution in [2.24, 2.45) is 0 Å². The molecule has 1 aliphatic rings. The van der Waals surface area contributed by atoms with Gasteiger partial charge in [-0.15, -0.1) is 0 Å². The van der Waals surface area contributed by atoms with E-state index in [1.807, 2.05) is 19.9 Å². The molecule has 1 aromatic heterocycles. The van der Waals surface area contributed by atoms with Crippen LogP contribution in [0.2, 0.25) is 0 Å². The van der Waals surface area contributed by atoms with Crippen molar-refractivity contribution >= 4 is 16.9 Å². The average molecular weight is 333 g/mol. The second kappa shape index (κ2) is 6.26. The second-order valence-corrected chi connectivity index (χ2v) is 6.18. The van der Waals surface area contributed by atoms with Crippen molar-refractivity contribution in [2.45, 2.75) is 39.5 Å². The van der Waals surface area contributed by atoms with Crippen LogP contribution in [-0.4, -0.2) is 36.2 Å². The van der Waals surface area contributed by atoms with Gasteiger partial charge >= 0.3 is 5.63 Å². The zero-order valence-electron chi connectivity index (χ0n) is 14.0. The number of halogens is 1. The maximum absolute atomic E-state index is 12.9. The van der Waals surface area contributed by atoms with Crippen LogP contribution in [0.1, 0.15) is 25.0 Å². The van der Waals surface area contributed by atoms with E-state index < -0.39 is 17.9 Å².